The van der Waals surface area contributed by atoms with Crippen LogP contribution in [0.4, 0.5) is 0 Å². The van der Waals surface area contributed by atoms with E-state index in [0.29, 0.717) is 0 Å². The molecule has 0 bridgehead atoms. The van der Waals surface area contributed by atoms with Crippen LogP contribution in [0.2, 0.25) is 0 Å². The van der Waals surface area contributed by atoms with Gasteiger partial charge in [-0.15, -0.1) is 0 Å². The van der Waals surface area contributed by atoms with Crippen molar-refractivity contribution >= 4 is 23.1 Å². The fourth-order valence-electron chi connectivity index (χ4n) is 0. The summed E-state index contributed by atoms with van der Waals surface area (Å²) in [5.41, 5.74) is 0. The van der Waals surface area contributed by atoms with Crippen LogP contribution in [-0.2, 0) is 70.8 Å². The second-order valence-corrected chi connectivity index (χ2v) is 0. The Labute approximate surface area is 93.1 Å². The zero-order chi connectivity index (χ0) is 0. The average molecular weight is 200 g/mol. The molecule has 8 heavy (non-hydrogen) atoms. The first-order valence-corrected chi connectivity index (χ1v) is 0. The van der Waals surface area contributed by atoms with Crippen LogP contribution in [0.5, 0.6) is 0 Å². The fourth-order valence-corrected chi connectivity index (χ4v) is 0. The molecule has 0 aliphatic carbocycles. The first-order chi connectivity index (χ1) is 0. The third-order valence-electron chi connectivity index (χ3n) is 0. The Morgan fingerprint density at radius 2 is 0.375 bits per heavy atom. The normalized spacial score (nSPS) is 0. The molecule has 0 N–H and O–H groups in total. The van der Waals surface area contributed by atoms with Gasteiger partial charge >= 0.3 is 66.5 Å². The molecular weight excluding hydrogens is 200 g/mol. The molecule has 0 aromatic rings. The molecule has 0 aliphatic rings. The number of hydrogen-bond donors (Lipinski definition) is 0. The molecule has 5 nitrogen and oxygen atoms in total. The zero-order valence-electron chi connectivity index (χ0n) is 3.75. The van der Waals surface area contributed by atoms with Gasteiger partial charge in [-0.25, -0.2) is 0 Å². The Morgan fingerprint density at radius 3 is 0.375 bits per heavy atom. The summed E-state index contributed by atoms with van der Waals surface area (Å²) in [4.78, 5) is 0. The van der Waals surface area contributed by atoms with E-state index in [-0.39, 0.29) is 93.9 Å². The molecule has 0 saturated heterocycles. The van der Waals surface area contributed by atoms with Crippen molar-refractivity contribution in [3.05, 3.63) is 0 Å². The molecule has 0 atom stereocenters. The minimum Gasteiger partial charge on any atom is -2.00 e. The van der Waals surface area contributed by atoms with Gasteiger partial charge < -0.3 is 27.4 Å². The van der Waals surface area contributed by atoms with Crippen molar-refractivity contribution in [2.45, 2.75) is 0 Å². The summed E-state index contributed by atoms with van der Waals surface area (Å²) in [5.74, 6) is 0. The Hall–Kier alpha value is 1.99. The van der Waals surface area contributed by atoms with E-state index in [2.05, 4.69) is 0 Å². The van der Waals surface area contributed by atoms with Gasteiger partial charge in [-0.3, -0.25) is 0 Å². The van der Waals surface area contributed by atoms with Gasteiger partial charge in [0.15, 0.2) is 0 Å². The molecule has 0 fully saturated rings. The Morgan fingerprint density at radius 1 is 0.375 bits per heavy atom. The average Bonchev–Trinajstić information content (AvgIpc) is 0. The molecule has 0 aromatic carbocycles. The maximum absolute atomic E-state index is 0. The first-order valence-electron chi connectivity index (χ1n) is 0. The van der Waals surface area contributed by atoms with E-state index in [4.69, 9.17) is 0 Å². The van der Waals surface area contributed by atoms with Gasteiger partial charge in [-0.1, -0.05) is 0 Å². The van der Waals surface area contributed by atoms with E-state index >= 15 is 0 Å². The SMILES string of the molecule is [Mg+2].[O-2].[O-2].[O-2].[O-2].[O-2].[Ti+4].[Ti+4]. The Balaban J connectivity index is 0. The van der Waals surface area contributed by atoms with E-state index in [1.807, 2.05) is 0 Å². The van der Waals surface area contributed by atoms with Crippen molar-refractivity contribution in [3.8, 4) is 0 Å². The van der Waals surface area contributed by atoms with Crippen molar-refractivity contribution in [3.63, 3.8) is 0 Å². The fraction of sp³-hybridized carbons (Fsp3) is 0. The molecule has 0 aromatic heterocycles. The van der Waals surface area contributed by atoms with E-state index in [1.165, 1.54) is 0 Å². The molecule has 40 valence electrons. The van der Waals surface area contributed by atoms with Crippen LogP contribution in [0.1, 0.15) is 0 Å². The molecule has 0 heterocycles. The molecular formula is MgO5Ti2. The van der Waals surface area contributed by atoms with Crippen LogP contribution in [0.25, 0.3) is 0 Å². The molecule has 0 aliphatic heterocycles. The largest absolute Gasteiger partial charge is 4.00 e. The van der Waals surface area contributed by atoms with Crippen LogP contribution >= 0.6 is 0 Å². The van der Waals surface area contributed by atoms with Crippen LogP contribution in [0.15, 0.2) is 0 Å². The quantitative estimate of drug-likeness (QED) is 0.443. The maximum Gasteiger partial charge on any atom is 4.00 e. The van der Waals surface area contributed by atoms with Gasteiger partial charge in [0.05, 0.1) is 0 Å². The van der Waals surface area contributed by atoms with Gasteiger partial charge in [0.25, 0.3) is 0 Å². The first kappa shape index (κ1) is 203. The summed E-state index contributed by atoms with van der Waals surface area (Å²) in [7, 11) is 0. The van der Waals surface area contributed by atoms with E-state index in [9.17, 15) is 0 Å². The minimum atomic E-state index is 0. The van der Waals surface area contributed by atoms with E-state index in [0.717, 1.165) is 0 Å². The zero-order valence-corrected chi connectivity index (χ0v) is 8.29. The molecule has 0 amide bonds. The number of hydrogen-bond acceptors (Lipinski definition) is 0. The van der Waals surface area contributed by atoms with Gasteiger partial charge in [0, 0.05) is 0 Å². The third kappa shape index (κ3) is 98.3. The van der Waals surface area contributed by atoms with Crippen molar-refractivity contribution in [2.75, 3.05) is 0 Å². The number of rotatable bonds is 0. The van der Waals surface area contributed by atoms with E-state index in [1.54, 1.807) is 0 Å². The van der Waals surface area contributed by atoms with Crippen LogP contribution in [-0.4, -0.2) is 23.1 Å². The molecule has 0 saturated carbocycles. The summed E-state index contributed by atoms with van der Waals surface area (Å²) in [6, 6.07) is 0. The monoisotopic (exact) mass is 200 g/mol. The molecule has 0 spiro atoms. The van der Waals surface area contributed by atoms with Gasteiger partial charge in [-0.05, 0) is 0 Å². The van der Waals surface area contributed by atoms with Crippen molar-refractivity contribution in [1.29, 1.82) is 0 Å². The molecule has 0 radical (unpaired) electrons. The van der Waals surface area contributed by atoms with Crippen molar-refractivity contribution in [1.82, 2.24) is 0 Å². The molecule has 8 heteroatoms. The maximum atomic E-state index is 0. The summed E-state index contributed by atoms with van der Waals surface area (Å²) >= 11 is 0. The van der Waals surface area contributed by atoms with Crippen molar-refractivity contribution in [2.24, 2.45) is 0 Å². The third-order valence-corrected chi connectivity index (χ3v) is 0. The predicted octanol–water partition coefficient (Wildman–Crippen LogP) is -0.980. The van der Waals surface area contributed by atoms with Gasteiger partial charge in [0.1, 0.15) is 0 Å². The summed E-state index contributed by atoms with van der Waals surface area (Å²) in [6.45, 7) is 0. The Bertz CT molecular complexity index is 10.4. The summed E-state index contributed by atoms with van der Waals surface area (Å²) < 4.78 is 0. The van der Waals surface area contributed by atoms with Gasteiger partial charge in [-0.2, -0.15) is 0 Å². The standard InChI is InChI=1S/Mg.5O.2Ti/q+2;5*-2;2*+4. The van der Waals surface area contributed by atoms with E-state index < -0.39 is 0 Å². The minimum absolute atomic E-state index is 0. The summed E-state index contributed by atoms with van der Waals surface area (Å²) in [5, 5.41) is 0. The van der Waals surface area contributed by atoms with Gasteiger partial charge in [0.2, 0.25) is 0 Å². The van der Waals surface area contributed by atoms with Crippen LogP contribution < -0.4 is 0 Å². The summed E-state index contributed by atoms with van der Waals surface area (Å²) in [6.07, 6.45) is 0. The topological polar surface area (TPSA) is 142 Å². The molecule has 0 rings (SSSR count). The predicted molar refractivity (Wildman–Crippen MR) is 9.19 cm³/mol. The Kier molecular flexibility index (Phi) is 3670. The van der Waals surface area contributed by atoms with Crippen LogP contribution in [0.3, 0.4) is 0 Å². The van der Waals surface area contributed by atoms with Crippen molar-refractivity contribution < 1.29 is 70.8 Å². The molecule has 0 unspecified atom stereocenters. The smallest absolute Gasteiger partial charge is 2.00 e. The second kappa shape index (κ2) is 144. The van der Waals surface area contributed by atoms with Crippen LogP contribution in [0, 0.1) is 0 Å². The second-order valence-electron chi connectivity index (χ2n) is 0.